The van der Waals surface area contributed by atoms with E-state index in [1.165, 1.54) is 15.6 Å². The van der Waals surface area contributed by atoms with Gasteiger partial charge >= 0.3 is 7.12 Å². The average molecular weight is 242 g/mol. The first-order chi connectivity index (χ1) is 8.16. The third kappa shape index (κ3) is 1.65. The number of thiophene rings is 1. The molecule has 2 nitrogen and oxygen atoms in total. The SMILES string of the molecule is Cc1ccc2c(c1)sc1c(B(O)O)cccc12. The fourth-order valence-electron chi connectivity index (χ4n) is 2.13. The van der Waals surface area contributed by atoms with Crippen molar-refractivity contribution in [1.82, 2.24) is 0 Å². The summed E-state index contributed by atoms with van der Waals surface area (Å²) in [4.78, 5) is 0. The normalized spacial score (nSPS) is 11.2. The standard InChI is InChI=1S/C13H11BO2S/c1-8-5-6-9-10-3-2-4-11(14(15)16)13(10)17-12(9)7-8/h2-7,15-16H,1H3. The quantitative estimate of drug-likeness (QED) is 0.641. The Morgan fingerprint density at radius 2 is 1.88 bits per heavy atom. The van der Waals surface area contributed by atoms with Gasteiger partial charge in [0.05, 0.1) is 0 Å². The predicted molar refractivity (Wildman–Crippen MR) is 73.9 cm³/mol. The molecule has 0 saturated carbocycles. The van der Waals surface area contributed by atoms with Gasteiger partial charge in [-0.15, -0.1) is 11.3 Å². The number of fused-ring (bicyclic) bond motifs is 3. The van der Waals surface area contributed by atoms with Gasteiger partial charge in [-0.1, -0.05) is 30.3 Å². The Hall–Kier alpha value is -1.36. The van der Waals surface area contributed by atoms with Gasteiger partial charge in [-0.3, -0.25) is 0 Å². The molecule has 0 aliphatic carbocycles. The molecule has 17 heavy (non-hydrogen) atoms. The van der Waals surface area contributed by atoms with E-state index in [4.69, 9.17) is 0 Å². The molecule has 0 amide bonds. The Bertz CT molecular complexity index is 703. The van der Waals surface area contributed by atoms with E-state index in [0.29, 0.717) is 5.46 Å². The summed E-state index contributed by atoms with van der Waals surface area (Å²) in [7, 11) is -1.41. The van der Waals surface area contributed by atoms with Crippen LogP contribution in [0.5, 0.6) is 0 Å². The molecule has 2 N–H and O–H groups in total. The number of hydrogen-bond donors (Lipinski definition) is 2. The molecule has 0 radical (unpaired) electrons. The smallest absolute Gasteiger partial charge is 0.423 e. The summed E-state index contributed by atoms with van der Waals surface area (Å²) in [6.07, 6.45) is 0. The zero-order valence-electron chi connectivity index (χ0n) is 9.34. The molecule has 3 rings (SSSR count). The minimum atomic E-state index is -1.41. The van der Waals surface area contributed by atoms with E-state index in [0.717, 1.165) is 10.1 Å². The van der Waals surface area contributed by atoms with E-state index in [9.17, 15) is 10.0 Å². The Morgan fingerprint density at radius 3 is 2.65 bits per heavy atom. The number of rotatable bonds is 1. The van der Waals surface area contributed by atoms with Gasteiger partial charge in [0.1, 0.15) is 0 Å². The summed E-state index contributed by atoms with van der Waals surface area (Å²) in [6, 6.07) is 12.0. The van der Waals surface area contributed by atoms with Gasteiger partial charge < -0.3 is 10.0 Å². The van der Waals surface area contributed by atoms with Crippen molar-refractivity contribution in [2.24, 2.45) is 0 Å². The Morgan fingerprint density at radius 1 is 1.06 bits per heavy atom. The highest BCUT2D eigenvalue weighted by atomic mass is 32.1. The van der Waals surface area contributed by atoms with Crippen molar-refractivity contribution in [2.45, 2.75) is 6.92 Å². The number of hydrogen-bond acceptors (Lipinski definition) is 3. The predicted octanol–water partition coefficient (Wildman–Crippen LogP) is 2.04. The van der Waals surface area contributed by atoms with Crippen molar-refractivity contribution in [3.63, 3.8) is 0 Å². The lowest BCUT2D eigenvalue weighted by Crippen LogP contribution is -2.29. The van der Waals surface area contributed by atoms with Crippen molar-refractivity contribution < 1.29 is 10.0 Å². The first-order valence-corrected chi connectivity index (χ1v) is 6.26. The van der Waals surface area contributed by atoms with Crippen LogP contribution in [0.2, 0.25) is 0 Å². The van der Waals surface area contributed by atoms with Crippen molar-refractivity contribution in [3.8, 4) is 0 Å². The monoisotopic (exact) mass is 242 g/mol. The first-order valence-electron chi connectivity index (χ1n) is 5.45. The second-order valence-corrected chi connectivity index (χ2v) is 5.25. The van der Waals surface area contributed by atoms with Crippen LogP contribution in [0.4, 0.5) is 0 Å². The maximum Gasteiger partial charge on any atom is 0.489 e. The Kier molecular flexibility index (Phi) is 2.43. The zero-order valence-corrected chi connectivity index (χ0v) is 10.2. The zero-order chi connectivity index (χ0) is 12.0. The van der Waals surface area contributed by atoms with Gasteiger partial charge in [0.2, 0.25) is 0 Å². The molecule has 4 heteroatoms. The Labute approximate surface area is 103 Å². The molecule has 0 aliphatic heterocycles. The third-order valence-electron chi connectivity index (χ3n) is 2.96. The van der Waals surface area contributed by atoms with Crippen LogP contribution in [0.1, 0.15) is 5.56 Å². The largest absolute Gasteiger partial charge is 0.489 e. The van der Waals surface area contributed by atoms with Crippen LogP contribution < -0.4 is 5.46 Å². The summed E-state index contributed by atoms with van der Waals surface area (Å²) in [5, 5.41) is 21.0. The molecular weight excluding hydrogens is 231 g/mol. The fraction of sp³-hybridized carbons (Fsp3) is 0.0769. The maximum absolute atomic E-state index is 9.36. The van der Waals surface area contributed by atoms with Gasteiger partial charge in [-0.25, -0.2) is 0 Å². The lowest BCUT2D eigenvalue weighted by atomic mass is 9.80. The summed E-state index contributed by atoms with van der Waals surface area (Å²) >= 11 is 1.61. The van der Waals surface area contributed by atoms with Crippen LogP contribution in [-0.4, -0.2) is 17.2 Å². The molecule has 0 aliphatic rings. The Balaban J connectivity index is 2.46. The molecule has 0 saturated heterocycles. The van der Waals surface area contributed by atoms with Gasteiger partial charge in [0.15, 0.2) is 0 Å². The van der Waals surface area contributed by atoms with Crippen LogP contribution in [0.25, 0.3) is 20.2 Å². The van der Waals surface area contributed by atoms with Crippen LogP contribution in [0, 0.1) is 6.92 Å². The van der Waals surface area contributed by atoms with Gasteiger partial charge in [0, 0.05) is 14.8 Å². The fourth-order valence-corrected chi connectivity index (χ4v) is 3.46. The maximum atomic E-state index is 9.36. The summed E-state index contributed by atoms with van der Waals surface area (Å²) in [5.74, 6) is 0. The third-order valence-corrected chi connectivity index (χ3v) is 4.18. The van der Waals surface area contributed by atoms with E-state index in [1.807, 2.05) is 12.1 Å². The number of aryl methyl sites for hydroxylation is 1. The molecule has 2 aromatic carbocycles. The van der Waals surface area contributed by atoms with E-state index in [-0.39, 0.29) is 0 Å². The molecule has 84 valence electrons. The van der Waals surface area contributed by atoms with Crippen LogP contribution in [0.3, 0.4) is 0 Å². The molecule has 0 unspecified atom stereocenters. The van der Waals surface area contributed by atoms with E-state index < -0.39 is 7.12 Å². The topological polar surface area (TPSA) is 40.5 Å². The lowest BCUT2D eigenvalue weighted by Gasteiger charge is -2.00. The highest BCUT2D eigenvalue weighted by molar-refractivity contribution is 7.27. The molecule has 3 aromatic rings. The molecule has 1 heterocycles. The van der Waals surface area contributed by atoms with Crippen molar-refractivity contribution >= 4 is 44.1 Å². The second-order valence-electron chi connectivity index (χ2n) is 4.20. The van der Waals surface area contributed by atoms with Crippen molar-refractivity contribution in [2.75, 3.05) is 0 Å². The van der Waals surface area contributed by atoms with E-state index in [2.05, 4.69) is 25.1 Å². The van der Waals surface area contributed by atoms with Gasteiger partial charge in [-0.05, 0) is 29.4 Å². The minimum absolute atomic E-state index is 0.585. The number of benzene rings is 2. The molecule has 1 aromatic heterocycles. The molecule has 0 atom stereocenters. The van der Waals surface area contributed by atoms with Crippen molar-refractivity contribution in [1.29, 1.82) is 0 Å². The van der Waals surface area contributed by atoms with Gasteiger partial charge in [-0.2, -0.15) is 0 Å². The van der Waals surface area contributed by atoms with Crippen molar-refractivity contribution in [3.05, 3.63) is 42.0 Å². The highest BCUT2D eigenvalue weighted by Crippen LogP contribution is 2.33. The average Bonchev–Trinajstić information content (AvgIpc) is 2.65. The van der Waals surface area contributed by atoms with Gasteiger partial charge in [0.25, 0.3) is 0 Å². The molecular formula is C13H11BO2S. The summed E-state index contributed by atoms with van der Waals surface area (Å²) < 4.78 is 2.15. The lowest BCUT2D eigenvalue weighted by molar-refractivity contribution is 0.426. The van der Waals surface area contributed by atoms with Crippen LogP contribution in [0.15, 0.2) is 36.4 Å². The summed E-state index contributed by atoms with van der Waals surface area (Å²) in [5.41, 5.74) is 1.80. The summed E-state index contributed by atoms with van der Waals surface area (Å²) in [6.45, 7) is 2.06. The first kappa shape index (κ1) is 10.8. The van der Waals surface area contributed by atoms with Crippen LogP contribution in [-0.2, 0) is 0 Å². The molecule has 0 bridgehead atoms. The molecule has 0 spiro atoms. The second kappa shape index (κ2) is 3.84. The van der Waals surface area contributed by atoms with Crippen LogP contribution >= 0.6 is 11.3 Å². The minimum Gasteiger partial charge on any atom is -0.423 e. The highest BCUT2D eigenvalue weighted by Gasteiger charge is 2.17. The van der Waals surface area contributed by atoms with E-state index in [1.54, 1.807) is 17.4 Å². The van der Waals surface area contributed by atoms with E-state index >= 15 is 0 Å². The molecule has 0 fully saturated rings.